The highest BCUT2D eigenvalue weighted by molar-refractivity contribution is 5.85. The van der Waals surface area contributed by atoms with E-state index in [4.69, 9.17) is 10.8 Å². The highest BCUT2D eigenvalue weighted by Gasteiger charge is 2.18. The zero-order valence-electron chi connectivity index (χ0n) is 5.62. The van der Waals surface area contributed by atoms with Gasteiger partial charge in [-0.25, -0.2) is 0 Å². The first-order valence-corrected chi connectivity index (χ1v) is 2.92. The van der Waals surface area contributed by atoms with Crippen molar-refractivity contribution in [2.75, 3.05) is 13.2 Å². The molecule has 4 N–H and O–H groups in total. The molecular formula is C5H14Cl2N2O. The summed E-state index contributed by atoms with van der Waals surface area (Å²) in [6, 6.07) is 0.511. The molecule has 3 nitrogen and oxygen atoms in total. The molecule has 1 saturated heterocycles. The van der Waals surface area contributed by atoms with E-state index in [1.165, 1.54) is 0 Å². The standard InChI is InChI=1S/C5H12N2O.2ClH/c6-4-1-5(3-8)7-2-4;;/h4-5,7-8H,1-3,6H2;2*1H/t4-,5+;;/m1../s1. The summed E-state index contributed by atoms with van der Waals surface area (Å²) in [6.45, 7) is 1.07. The second-order valence-electron chi connectivity index (χ2n) is 2.28. The van der Waals surface area contributed by atoms with Crippen molar-refractivity contribution in [1.82, 2.24) is 5.32 Å². The van der Waals surface area contributed by atoms with E-state index in [0.717, 1.165) is 13.0 Å². The van der Waals surface area contributed by atoms with Crippen LogP contribution in [0.4, 0.5) is 0 Å². The number of hydrogen-bond donors (Lipinski definition) is 3. The summed E-state index contributed by atoms with van der Waals surface area (Å²) >= 11 is 0. The van der Waals surface area contributed by atoms with Crippen LogP contribution in [-0.2, 0) is 0 Å². The third kappa shape index (κ3) is 3.58. The van der Waals surface area contributed by atoms with Crippen molar-refractivity contribution in [2.24, 2.45) is 5.73 Å². The highest BCUT2D eigenvalue weighted by Crippen LogP contribution is 2.01. The fraction of sp³-hybridized carbons (Fsp3) is 1.00. The summed E-state index contributed by atoms with van der Waals surface area (Å²) in [5, 5.41) is 11.6. The molecule has 0 aromatic heterocycles. The van der Waals surface area contributed by atoms with E-state index in [9.17, 15) is 0 Å². The molecule has 0 unspecified atom stereocenters. The smallest absolute Gasteiger partial charge is 0.0585 e. The maximum Gasteiger partial charge on any atom is 0.0585 e. The second-order valence-corrected chi connectivity index (χ2v) is 2.28. The summed E-state index contributed by atoms with van der Waals surface area (Å²) in [6.07, 6.45) is 0.913. The minimum absolute atomic E-state index is 0. The summed E-state index contributed by atoms with van der Waals surface area (Å²) < 4.78 is 0. The average molecular weight is 189 g/mol. The normalized spacial score (nSPS) is 30.6. The molecule has 0 aromatic carbocycles. The fourth-order valence-electron chi connectivity index (χ4n) is 0.989. The van der Waals surface area contributed by atoms with Gasteiger partial charge in [-0.1, -0.05) is 0 Å². The van der Waals surface area contributed by atoms with Crippen molar-refractivity contribution in [3.05, 3.63) is 0 Å². The molecule has 0 aliphatic carbocycles. The predicted octanol–water partition coefficient (Wildman–Crippen LogP) is -0.489. The van der Waals surface area contributed by atoms with Gasteiger partial charge >= 0.3 is 0 Å². The third-order valence-corrected chi connectivity index (χ3v) is 1.48. The lowest BCUT2D eigenvalue weighted by Crippen LogP contribution is -2.25. The van der Waals surface area contributed by atoms with Crippen LogP contribution in [0.15, 0.2) is 0 Å². The third-order valence-electron chi connectivity index (χ3n) is 1.48. The SMILES string of the molecule is Cl.Cl.N[C@H]1CN[C@H](CO)C1. The summed E-state index contributed by atoms with van der Waals surface area (Å²) in [5.74, 6) is 0. The van der Waals surface area contributed by atoms with Gasteiger partial charge in [0.1, 0.15) is 0 Å². The molecule has 0 radical (unpaired) electrons. The number of aliphatic hydroxyl groups excluding tert-OH is 1. The van der Waals surface area contributed by atoms with Crippen LogP contribution in [0.1, 0.15) is 6.42 Å². The summed E-state index contributed by atoms with van der Waals surface area (Å²) in [5.41, 5.74) is 5.53. The molecule has 64 valence electrons. The van der Waals surface area contributed by atoms with Gasteiger partial charge < -0.3 is 16.2 Å². The molecule has 1 aliphatic rings. The Labute approximate surface area is 73.2 Å². The molecule has 0 amide bonds. The number of nitrogens with one attached hydrogen (secondary N) is 1. The van der Waals surface area contributed by atoms with Crippen molar-refractivity contribution >= 4 is 24.8 Å². The van der Waals surface area contributed by atoms with Crippen LogP contribution in [0, 0.1) is 0 Å². The molecule has 1 fully saturated rings. The Morgan fingerprint density at radius 2 is 2.10 bits per heavy atom. The van der Waals surface area contributed by atoms with E-state index in [2.05, 4.69) is 5.32 Å². The van der Waals surface area contributed by atoms with Crippen LogP contribution in [0.2, 0.25) is 0 Å². The van der Waals surface area contributed by atoms with Crippen LogP contribution in [-0.4, -0.2) is 30.3 Å². The number of halogens is 2. The largest absolute Gasteiger partial charge is 0.395 e. The van der Waals surface area contributed by atoms with E-state index in [-0.39, 0.29) is 43.5 Å². The molecule has 1 aliphatic heterocycles. The summed E-state index contributed by atoms with van der Waals surface area (Å²) in [7, 11) is 0. The number of rotatable bonds is 1. The summed E-state index contributed by atoms with van der Waals surface area (Å²) in [4.78, 5) is 0. The van der Waals surface area contributed by atoms with E-state index in [1.807, 2.05) is 0 Å². The van der Waals surface area contributed by atoms with E-state index < -0.39 is 0 Å². The lowest BCUT2D eigenvalue weighted by atomic mass is 10.2. The molecule has 0 bridgehead atoms. The van der Waals surface area contributed by atoms with Gasteiger partial charge in [0.15, 0.2) is 0 Å². The number of nitrogens with two attached hydrogens (primary N) is 1. The molecule has 0 aromatic rings. The van der Waals surface area contributed by atoms with Gasteiger partial charge in [0.25, 0.3) is 0 Å². The lowest BCUT2D eigenvalue weighted by Gasteiger charge is -2.01. The minimum atomic E-state index is 0. The quantitative estimate of drug-likeness (QED) is 0.521. The van der Waals surface area contributed by atoms with Gasteiger partial charge in [-0.05, 0) is 6.42 Å². The molecule has 1 heterocycles. The predicted molar refractivity (Wildman–Crippen MR) is 46.0 cm³/mol. The van der Waals surface area contributed by atoms with Crippen LogP contribution >= 0.6 is 24.8 Å². The van der Waals surface area contributed by atoms with Gasteiger partial charge in [0.2, 0.25) is 0 Å². The van der Waals surface area contributed by atoms with Crippen molar-refractivity contribution in [2.45, 2.75) is 18.5 Å². The van der Waals surface area contributed by atoms with E-state index in [0.29, 0.717) is 0 Å². The molecule has 0 saturated carbocycles. The molecule has 2 atom stereocenters. The van der Waals surface area contributed by atoms with Crippen LogP contribution in [0.5, 0.6) is 0 Å². The monoisotopic (exact) mass is 188 g/mol. The average Bonchev–Trinajstić information content (AvgIpc) is 2.14. The molecule has 10 heavy (non-hydrogen) atoms. The van der Waals surface area contributed by atoms with Gasteiger partial charge in [0, 0.05) is 18.6 Å². The first-order valence-electron chi connectivity index (χ1n) is 2.92. The molecule has 1 rings (SSSR count). The zero-order chi connectivity index (χ0) is 5.98. The van der Waals surface area contributed by atoms with Gasteiger partial charge in [-0.3, -0.25) is 0 Å². The topological polar surface area (TPSA) is 58.3 Å². The van der Waals surface area contributed by atoms with Crippen molar-refractivity contribution in [1.29, 1.82) is 0 Å². The molecular weight excluding hydrogens is 175 g/mol. The second kappa shape index (κ2) is 6.19. The van der Waals surface area contributed by atoms with E-state index >= 15 is 0 Å². The van der Waals surface area contributed by atoms with Gasteiger partial charge in [-0.15, -0.1) is 24.8 Å². The van der Waals surface area contributed by atoms with Crippen LogP contribution < -0.4 is 11.1 Å². The Morgan fingerprint density at radius 3 is 2.30 bits per heavy atom. The molecule has 0 spiro atoms. The van der Waals surface area contributed by atoms with Crippen molar-refractivity contribution < 1.29 is 5.11 Å². The van der Waals surface area contributed by atoms with Gasteiger partial charge in [-0.2, -0.15) is 0 Å². The maximum atomic E-state index is 8.57. The Balaban J connectivity index is 0. The maximum absolute atomic E-state index is 8.57. The van der Waals surface area contributed by atoms with Crippen molar-refractivity contribution in [3.63, 3.8) is 0 Å². The van der Waals surface area contributed by atoms with Crippen LogP contribution in [0.3, 0.4) is 0 Å². The number of aliphatic hydroxyl groups is 1. The molecule has 5 heteroatoms. The van der Waals surface area contributed by atoms with Gasteiger partial charge in [0.05, 0.1) is 6.61 Å². The Kier molecular flexibility index (Phi) is 8.09. The Morgan fingerprint density at radius 1 is 1.50 bits per heavy atom. The first-order chi connectivity index (χ1) is 3.83. The van der Waals surface area contributed by atoms with Crippen LogP contribution in [0.25, 0.3) is 0 Å². The fourth-order valence-corrected chi connectivity index (χ4v) is 0.989. The highest BCUT2D eigenvalue weighted by atomic mass is 35.5. The Bertz CT molecular complexity index is 84.0. The van der Waals surface area contributed by atoms with E-state index in [1.54, 1.807) is 0 Å². The zero-order valence-corrected chi connectivity index (χ0v) is 7.25. The first kappa shape index (κ1) is 13.1. The van der Waals surface area contributed by atoms with Crippen molar-refractivity contribution in [3.8, 4) is 0 Å². The number of hydrogen-bond acceptors (Lipinski definition) is 3. The Hall–Kier alpha value is 0.460. The minimum Gasteiger partial charge on any atom is -0.395 e. The lowest BCUT2D eigenvalue weighted by molar-refractivity contribution is 0.254.